The van der Waals surface area contributed by atoms with Gasteiger partial charge in [0.05, 0.1) is 18.9 Å². The zero-order valence-electron chi connectivity index (χ0n) is 23.6. The average molecular weight is 492 g/mol. The first kappa shape index (κ1) is 28.6. The van der Waals surface area contributed by atoms with Gasteiger partial charge in [0.2, 0.25) is 0 Å². The molecule has 0 aromatic carbocycles. The molecule has 6 nitrogen and oxygen atoms in total. The van der Waals surface area contributed by atoms with Crippen LogP contribution < -0.4 is 5.32 Å². The SMILES string of the molecule is COC(=O)[C@@H](NC(c1ccn([Si](C(C)C)(C(C)C)C(C)C)c1)C1CC(C(C)(C)C)=NO1)C(C)C. The van der Waals surface area contributed by atoms with E-state index in [1.807, 2.05) is 13.8 Å². The number of nitrogens with zero attached hydrogens (tertiary/aromatic N) is 2. The van der Waals surface area contributed by atoms with E-state index in [1.165, 1.54) is 7.11 Å². The highest BCUT2D eigenvalue weighted by Gasteiger charge is 2.46. The summed E-state index contributed by atoms with van der Waals surface area (Å²) in [7, 11) is -0.424. The predicted molar refractivity (Wildman–Crippen MR) is 144 cm³/mol. The molecule has 0 radical (unpaired) electrons. The molecule has 3 atom stereocenters. The molecule has 0 amide bonds. The molecule has 1 aromatic rings. The van der Waals surface area contributed by atoms with Crippen molar-refractivity contribution in [3.63, 3.8) is 0 Å². The first-order valence-electron chi connectivity index (χ1n) is 12.9. The van der Waals surface area contributed by atoms with E-state index in [0.29, 0.717) is 16.6 Å². The number of methoxy groups -OCH3 is 1. The molecule has 0 aliphatic carbocycles. The van der Waals surface area contributed by atoms with Crippen LogP contribution >= 0.6 is 0 Å². The molecule has 34 heavy (non-hydrogen) atoms. The monoisotopic (exact) mass is 491 g/mol. The summed E-state index contributed by atoms with van der Waals surface area (Å²) < 4.78 is 7.67. The first-order chi connectivity index (χ1) is 15.7. The van der Waals surface area contributed by atoms with Crippen LogP contribution in [0.1, 0.15) is 94.2 Å². The summed E-state index contributed by atoms with van der Waals surface area (Å²) >= 11 is 0. The molecule has 0 bridgehead atoms. The van der Waals surface area contributed by atoms with Gasteiger partial charge in [0.1, 0.15) is 6.04 Å². The number of nitrogens with one attached hydrogen (secondary N) is 1. The van der Waals surface area contributed by atoms with Gasteiger partial charge in [0.15, 0.2) is 14.3 Å². The molecular formula is C27H49N3O3Si. The lowest BCUT2D eigenvalue weighted by Gasteiger charge is -2.44. The molecule has 0 fully saturated rings. The predicted octanol–water partition coefficient (Wildman–Crippen LogP) is 6.53. The maximum Gasteiger partial charge on any atom is 0.323 e. The van der Waals surface area contributed by atoms with Crippen molar-refractivity contribution < 1.29 is 14.4 Å². The third-order valence-electron chi connectivity index (χ3n) is 7.71. The molecule has 0 spiro atoms. The smallest absolute Gasteiger partial charge is 0.323 e. The summed E-state index contributed by atoms with van der Waals surface area (Å²) in [6, 6.07) is 1.61. The zero-order valence-corrected chi connectivity index (χ0v) is 24.6. The van der Waals surface area contributed by atoms with Crippen molar-refractivity contribution in [1.29, 1.82) is 0 Å². The van der Waals surface area contributed by atoms with Crippen LogP contribution in [0.5, 0.6) is 0 Å². The Labute approximate surface area is 208 Å². The summed E-state index contributed by atoms with van der Waals surface area (Å²) in [6.07, 6.45) is 5.14. The van der Waals surface area contributed by atoms with Crippen LogP contribution in [0.4, 0.5) is 0 Å². The fourth-order valence-electron chi connectivity index (χ4n) is 6.02. The van der Waals surface area contributed by atoms with Crippen molar-refractivity contribution >= 4 is 19.9 Å². The normalized spacial score (nSPS) is 19.1. The summed E-state index contributed by atoms with van der Waals surface area (Å²) in [4.78, 5) is 18.7. The van der Waals surface area contributed by atoms with E-state index >= 15 is 0 Å². The summed E-state index contributed by atoms with van der Waals surface area (Å²) in [5.74, 6) is -0.165. The Morgan fingerprint density at radius 2 is 1.68 bits per heavy atom. The Balaban J connectivity index is 2.52. The maximum absolute atomic E-state index is 12.6. The number of carbonyl (C=O) groups is 1. The van der Waals surface area contributed by atoms with Crippen LogP contribution in [-0.4, -0.2) is 43.4 Å². The first-order valence-corrected chi connectivity index (χ1v) is 15.1. The molecule has 2 heterocycles. The molecule has 2 rings (SSSR count). The lowest BCUT2D eigenvalue weighted by molar-refractivity contribution is -0.145. The van der Waals surface area contributed by atoms with Crippen molar-refractivity contribution in [3.8, 4) is 0 Å². The number of aromatic nitrogens is 1. The minimum Gasteiger partial charge on any atom is -0.468 e. The molecule has 0 saturated heterocycles. The Morgan fingerprint density at radius 3 is 2.09 bits per heavy atom. The number of ether oxygens (including phenoxy) is 1. The third kappa shape index (κ3) is 5.62. The highest BCUT2D eigenvalue weighted by atomic mass is 28.3. The van der Waals surface area contributed by atoms with E-state index in [2.05, 4.69) is 95.5 Å². The number of hydrogen-bond acceptors (Lipinski definition) is 5. The van der Waals surface area contributed by atoms with E-state index in [4.69, 9.17) is 9.57 Å². The van der Waals surface area contributed by atoms with Crippen LogP contribution in [0.15, 0.2) is 23.6 Å². The van der Waals surface area contributed by atoms with E-state index in [9.17, 15) is 4.79 Å². The molecule has 2 unspecified atom stereocenters. The Hall–Kier alpha value is -1.60. The lowest BCUT2D eigenvalue weighted by Crippen LogP contribution is -2.51. The topological polar surface area (TPSA) is 64.8 Å². The Bertz CT molecular complexity index is 830. The second-order valence-corrected chi connectivity index (χ2v) is 18.0. The van der Waals surface area contributed by atoms with Gasteiger partial charge in [0.25, 0.3) is 0 Å². The molecule has 1 N–H and O–H groups in total. The molecule has 7 heteroatoms. The van der Waals surface area contributed by atoms with Gasteiger partial charge in [-0.1, -0.05) is 81.3 Å². The van der Waals surface area contributed by atoms with Crippen LogP contribution in [0.2, 0.25) is 16.6 Å². The standard InChI is InChI=1S/C27H49N3O3Si/c1-17(2)24(26(31)32-12)28-25(22-15-23(29-33-22)27(9,10)11)21-13-14-30(16-21)34(18(3)4,19(5)6)20(7)8/h13-14,16-20,22,24-25,28H,15H2,1-12H3/t22?,24-,25?/m0/s1. The molecule has 1 aliphatic rings. The van der Waals surface area contributed by atoms with E-state index < -0.39 is 14.3 Å². The number of hydrogen-bond donors (Lipinski definition) is 1. The maximum atomic E-state index is 12.6. The Morgan fingerprint density at radius 1 is 1.12 bits per heavy atom. The van der Waals surface area contributed by atoms with Crippen LogP contribution in [0, 0.1) is 11.3 Å². The van der Waals surface area contributed by atoms with E-state index in [0.717, 1.165) is 17.7 Å². The van der Waals surface area contributed by atoms with Crippen molar-refractivity contribution in [2.45, 2.75) is 117 Å². The summed E-state index contributed by atoms with van der Waals surface area (Å²) in [5, 5.41) is 8.07. The van der Waals surface area contributed by atoms with Crippen molar-refractivity contribution in [1.82, 2.24) is 9.55 Å². The van der Waals surface area contributed by atoms with Crippen LogP contribution in [0.3, 0.4) is 0 Å². The van der Waals surface area contributed by atoms with Crippen molar-refractivity contribution in [2.24, 2.45) is 16.5 Å². The molecule has 1 aliphatic heterocycles. The highest BCUT2D eigenvalue weighted by molar-refractivity contribution is 6.82. The average Bonchev–Trinajstić information content (AvgIpc) is 3.38. The zero-order chi connectivity index (χ0) is 26.0. The van der Waals surface area contributed by atoms with Crippen LogP contribution in [0.25, 0.3) is 0 Å². The summed E-state index contributed by atoms with van der Waals surface area (Å²) in [6.45, 7) is 24.8. The van der Waals surface area contributed by atoms with E-state index in [1.54, 1.807) is 0 Å². The van der Waals surface area contributed by atoms with Gasteiger partial charge in [-0.15, -0.1) is 0 Å². The van der Waals surface area contributed by atoms with E-state index in [-0.39, 0.29) is 29.4 Å². The number of esters is 1. The number of oxime groups is 1. The third-order valence-corrected chi connectivity index (χ3v) is 14.4. The van der Waals surface area contributed by atoms with Gasteiger partial charge in [0, 0.05) is 18.0 Å². The van der Waals surface area contributed by atoms with Gasteiger partial charge in [-0.05, 0) is 40.4 Å². The van der Waals surface area contributed by atoms with Crippen LogP contribution in [-0.2, 0) is 14.4 Å². The Kier molecular flexibility index (Phi) is 9.25. The quantitative estimate of drug-likeness (QED) is 0.298. The molecule has 0 saturated carbocycles. The minimum absolute atomic E-state index is 0.0555. The molecular weight excluding hydrogens is 442 g/mol. The highest BCUT2D eigenvalue weighted by Crippen LogP contribution is 2.43. The fourth-order valence-corrected chi connectivity index (χ4v) is 12.5. The second-order valence-electron chi connectivity index (χ2n) is 12.2. The van der Waals surface area contributed by atoms with Gasteiger partial charge in [-0.2, -0.15) is 0 Å². The molecule has 1 aromatic heterocycles. The summed E-state index contributed by atoms with van der Waals surface area (Å²) in [5.41, 5.74) is 3.92. The molecule has 194 valence electrons. The minimum atomic E-state index is -1.87. The van der Waals surface area contributed by atoms with Crippen molar-refractivity contribution in [2.75, 3.05) is 7.11 Å². The number of rotatable bonds is 10. The van der Waals surface area contributed by atoms with Crippen molar-refractivity contribution in [3.05, 3.63) is 24.0 Å². The van der Waals surface area contributed by atoms with Gasteiger partial charge >= 0.3 is 5.97 Å². The number of carbonyl (C=O) groups excluding carboxylic acids is 1. The fraction of sp³-hybridized carbons (Fsp3) is 0.778. The largest absolute Gasteiger partial charge is 0.468 e. The van der Waals surface area contributed by atoms with Gasteiger partial charge < -0.3 is 13.8 Å². The van der Waals surface area contributed by atoms with Gasteiger partial charge in [-0.3, -0.25) is 10.1 Å². The second kappa shape index (κ2) is 11.0. The lowest BCUT2D eigenvalue weighted by atomic mass is 9.85. The van der Waals surface area contributed by atoms with Gasteiger partial charge in [-0.25, -0.2) is 0 Å².